The summed E-state index contributed by atoms with van der Waals surface area (Å²) in [7, 11) is -9.81. The zero-order valence-electron chi connectivity index (χ0n) is 29.5. The van der Waals surface area contributed by atoms with Crippen molar-refractivity contribution in [3.8, 4) is 0 Å². The molecule has 272 valence electrons. The van der Waals surface area contributed by atoms with Gasteiger partial charge in [0.1, 0.15) is 0 Å². The lowest BCUT2D eigenvalue weighted by Gasteiger charge is -2.35. The number of rotatable bonds is 8. The van der Waals surface area contributed by atoms with E-state index < -0.39 is 32.1 Å². The van der Waals surface area contributed by atoms with E-state index >= 15 is 0 Å². The van der Waals surface area contributed by atoms with Gasteiger partial charge in [0, 0.05) is 18.3 Å². The second kappa shape index (κ2) is 14.7. The van der Waals surface area contributed by atoms with Gasteiger partial charge in [-0.05, 0) is 79.0 Å². The Morgan fingerprint density at radius 3 is 1.05 bits per heavy atom. The molecule has 4 aromatic rings. The van der Waals surface area contributed by atoms with Crippen LogP contribution in [0.4, 0.5) is 0 Å². The van der Waals surface area contributed by atoms with Crippen LogP contribution in [-0.4, -0.2) is 25.9 Å². The van der Waals surface area contributed by atoms with Gasteiger partial charge < -0.3 is 0 Å². The molecule has 0 aliphatic heterocycles. The molecule has 8 rings (SSSR count). The molecule has 6 nitrogen and oxygen atoms in total. The van der Waals surface area contributed by atoms with Gasteiger partial charge in [-0.2, -0.15) is 16.8 Å². The van der Waals surface area contributed by atoms with E-state index in [0.717, 1.165) is 33.4 Å². The van der Waals surface area contributed by atoms with E-state index in [1.807, 2.05) is 170 Å². The van der Waals surface area contributed by atoms with Crippen LogP contribution in [0.25, 0.3) is 11.1 Å². The molecule has 4 aliphatic carbocycles. The summed E-state index contributed by atoms with van der Waals surface area (Å²) < 4.78 is 76.9. The molecule has 0 fully saturated rings. The van der Waals surface area contributed by atoms with Gasteiger partial charge in [0.2, 0.25) is 0 Å². The Morgan fingerprint density at radius 1 is 0.455 bits per heavy atom. The standard InChI is InChI=1S/C47H36O6S2/c48-54(49,50)42-29-36-25-13-15-27-38(36)46(44(32-17-5-1-6-18-32)33-19-7-2-8-20-33)40(42)31-41-43(55(51,52)53)30-37-26-14-16-28-39(37)47(41)45(34-21-9-3-10-22-34)35-23-11-4-12-24-35/h1-30,38-39H,31H2,(H,48,49,50)(H,51,52,53). The Labute approximate surface area is 321 Å². The van der Waals surface area contributed by atoms with Gasteiger partial charge in [-0.1, -0.05) is 170 Å². The van der Waals surface area contributed by atoms with Crippen molar-refractivity contribution in [3.05, 3.63) is 248 Å². The molecular weight excluding hydrogens is 725 g/mol. The van der Waals surface area contributed by atoms with Gasteiger partial charge >= 0.3 is 0 Å². The van der Waals surface area contributed by atoms with Crippen LogP contribution in [-0.2, 0) is 20.2 Å². The van der Waals surface area contributed by atoms with Gasteiger partial charge in [0.15, 0.2) is 0 Å². The van der Waals surface area contributed by atoms with Crippen molar-refractivity contribution < 1.29 is 25.9 Å². The predicted octanol–water partition coefficient (Wildman–Crippen LogP) is 10.0. The van der Waals surface area contributed by atoms with Crippen LogP contribution in [0.3, 0.4) is 0 Å². The van der Waals surface area contributed by atoms with Crippen LogP contribution < -0.4 is 0 Å². The summed E-state index contributed by atoms with van der Waals surface area (Å²) in [5.74, 6) is -0.920. The van der Waals surface area contributed by atoms with Crippen molar-refractivity contribution in [2.75, 3.05) is 0 Å². The van der Waals surface area contributed by atoms with Crippen LogP contribution in [0.1, 0.15) is 28.7 Å². The van der Waals surface area contributed by atoms with Crippen molar-refractivity contribution in [3.63, 3.8) is 0 Å². The molecule has 2 N–H and O–H groups in total. The molecule has 8 heteroatoms. The van der Waals surface area contributed by atoms with Crippen molar-refractivity contribution in [1.82, 2.24) is 0 Å². The first-order chi connectivity index (χ1) is 26.6. The van der Waals surface area contributed by atoms with Gasteiger partial charge in [-0.3, -0.25) is 9.11 Å². The molecule has 4 aliphatic rings. The molecular formula is C47H36O6S2. The number of hydrogen-bond donors (Lipinski definition) is 2. The molecule has 2 unspecified atom stereocenters. The van der Waals surface area contributed by atoms with E-state index in [9.17, 15) is 25.9 Å². The maximum atomic E-state index is 13.7. The fourth-order valence-electron chi connectivity index (χ4n) is 8.02. The minimum Gasteiger partial charge on any atom is -0.282 e. The highest BCUT2D eigenvalue weighted by Crippen LogP contribution is 2.51. The molecule has 0 spiro atoms. The van der Waals surface area contributed by atoms with Crippen LogP contribution in [0.5, 0.6) is 0 Å². The largest absolute Gasteiger partial charge is 0.294 e. The van der Waals surface area contributed by atoms with Gasteiger partial charge in [0.05, 0.1) is 9.81 Å². The fraction of sp³-hybridized carbons (Fsp3) is 0.0638. The van der Waals surface area contributed by atoms with E-state index in [-0.39, 0.29) is 27.4 Å². The van der Waals surface area contributed by atoms with Gasteiger partial charge in [-0.25, -0.2) is 0 Å². The minimum atomic E-state index is -4.91. The van der Waals surface area contributed by atoms with Crippen LogP contribution in [0.2, 0.25) is 0 Å². The first kappa shape index (κ1) is 36.1. The highest BCUT2D eigenvalue weighted by molar-refractivity contribution is 7.90. The van der Waals surface area contributed by atoms with E-state index in [4.69, 9.17) is 0 Å². The van der Waals surface area contributed by atoms with Crippen LogP contribution >= 0.6 is 0 Å². The van der Waals surface area contributed by atoms with Gasteiger partial charge in [-0.15, -0.1) is 0 Å². The summed E-state index contributed by atoms with van der Waals surface area (Å²) in [6.07, 6.45) is 17.7. The number of benzene rings is 4. The number of hydrogen-bond acceptors (Lipinski definition) is 4. The zero-order valence-corrected chi connectivity index (χ0v) is 31.2. The predicted molar refractivity (Wildman–Crippen MR) is 219 cm³/mol. The first-order valence-electron chi connectivity index (χ1n) is 17.8. The Hall–Kier alpha value is -5.90. The van der Waals surface area contributed by atoms with Crippen molar-refractivity contribution in [2.45, 2.75) is 6.42 Å². The average molecular weight is 761 g/mol. The molecule has 0 amide bonds. The lowest BCUT2D eigenvalue weighted by atomic mass is 9.70. The van der Waals surface area contributed by atoms with Crippen LogP contribution in [0, 0.1) is 11.8 Å². The van der Waals surface area contributed by atoms with E-state index in [1.54, 1.807) is 0 Å². The third kappa shape index (κ3) is 7.09. The maximum absolute atomic E-state index is 13.7. The molecule has 0 aromatic heterocycles. The second-order valence-electron chi connectivity index (χ2n) is 13.6. The number of allylic oxidation sites excluding steroid dienone is 16. The van der Waals surface area contributed by atoms with E-state index in [0.29, 0.717) is 22.3 Å². The zero-order chi connectivity index (χ0) is 38.2. The minimum absolute atomic E-state index is 0.222. The molecule has 0 saturated heterocycles. The summed E-state index contributed by atoms with van der Waals surface area (Å²) in [5, 5.41) is 0. The lowest BCUT2D eigenvalue weighted by molar-refractivity contribution is 0.489. The lowest BCUT2D eigenvalue weighted by Crippen LogP contribution is -2.23. The third-order valence-electron chi connectivity index (χ3n) is 10.3. The Kier molecular flexibility index (Phi) is 9.67. The van der Waals surface area contributed by atoms with Crippen molar-refractivity contribution in [2.24, 2.45) is 11.8 Å². The summed E-state index contributed by atoms with van der Waals surface area (Å²) in [5.41, 5.74) is 7.62. The molecule has 0 heterocycles. The smallest absolute Gasteiger partial charge is 0.282 e. The van der Waals surface area contributed by atoms with Crippen molar-refractivity contribution in [1.29, 1.82) is 0 Å². The highest BCUT2D eigenvalue weighted by Gasteiger charge is 2.39. The maximum Gasteiger partial charge on any atom is 0.294 e. The molecule has 2 atom stereocenters. The quantitative estimate of drug-likeness (QED) is 0.173. The van der Waals surface area contributed by atoms with E-state index in [1.165, 1.54) is 12.2 Å². The monoisotopic (exact) mass is 760 g/mol. The highest BCUT2D eigenvalue weighted by atomic mass is 32.2. The molecule has 0 bridgehead atoms. The van der Waals surface area contributed by atoms with Crippen molar-refractivity contribution >= 4 is 31.4 Å². The SMILES string of the molecule is O=S(=O)(O)C1=C(CC2=C(S(=O)(=O)O)C=C3C=CC=CC3C2=C(c2ccccc2)c2ccccc2)C(=C(c2ccccc2)c2ccccc2)C2C=CC=CC2=C1. The molecule has 0 radical (unpaired) electrons. The average Bonchev–Trinajstić information content (AvgIpc) is 3.20. The van der Waals surface area contributed by atoms with E-state index in [2.05, 4.69) is 0 Å². The normalized spacial score (nSPS) is 19.2. The summed E-state index contributed by atoms with van der Waals surface area (Å²) >= 11 is 0. The summed E-state index contributed by atoms with van der Waals surface area (Å²) in [6.45, 7) is 0. The Balaban J connectivity index is 1.54. The molecule has 0 saturated carbocycles. The van der Waals surface area contributed by atoms with Gasteiger partial charge in [0.25, 0.3) is 20.2 Å². The van der Waals surface area contributed by atoms with Crippen LogP contribution in [0.15, 0.2) is 225 Å². The Bertz CT molecular complexity index is 2450. The number of fused-ring (bicyclic) bond motifs is 2. The molecule has 4 aromatic carbocycles. The topological polar surface area (TPSA) is 109 Å². The summed E-state index contributed by atoms with van der Waals surface area (Å²) in [6, 6.07) is 38.5. The Morgan fingerprint density at radius 2 is 0.764 bits per heavy atom. The second-order valence-corrected chi connectivity index (χ2v) is 16.4. The summed E-state index contributed by atoms with van der Waals surface area (Å²) in [4.78, 5) is -0.677. The molecule has 55 heavy (non-hydrogen) atoms. The fourth-order valence-corrected chi connectivity index (χ4v) is 9.58. The first-order valence-corrected chi connectivity index (χ1v) is 20.7. The third-order valence-corrected chi connectivity index (χ3v) is 12.1.